The van der Waals surface area contributed by atoms with Crippen LogP contribution in [-0.4, -0.2) is 32.2 Å². The standard InChI is InChI=1S/C20H21FN2O3/c21-16-13-15(5-6-17(16)23-8-2-1-3-9-23)22-20(24)14-4-7-18-19(12-14)26-11-10-25-18/h4-7,12-13H,1-3,8-11H2,(H,22,24). The molecule has 1 saturated heterocycles. The second kappa shape index (κ2) is 7.23. The number of piperidine rings is 1. The van der Waals surface area contributed by atoms with E-state index in [0.717, 1.165) is 25.9 Å². The Hall–Kier alpha value is -2.76. The van der Waals surface area contributed by atoms with Crippen LogP contribution in [0.15, 0.2) is 36.4 Å². The molecular weight excluding hydrogens is 335 g/mol. The summed E-state index contributed by atoms with van der Waals surface area (Å²) < 4.78 is 25.4. The molecule has 26 heavy (non-hydrogen) atoms. The Kier molecular flexibility index (Phi) is 4.65. The van der Waals surface area contributed by atoms with Gasteiger partial charge in [-0.15, -0.1) is 0 Å². The molecular formula is C20H21FN2O3. The van der Waals surface area contributed by atoms with Crippen LogP contribution in [0.2, 0.25) is 0 Å². The van der Waals surface area contributed by atoms with Gasteiger partial charge in [-0.25, -0.2) is 4.39 Å². The van der Waals surface area contributed by atoms with E-state index >= 15 is 0 Å². The van der Waals surface area contributed by atoms with E-state index in [2.05, 4.69) is 10.2 Å². The van der Waals surface area contributed by atoms with Crippen molar-refractivity contribution >= 4 is 17.3 Å². The van der Waals surface area contributed by atoms with Crippen molar-refractivity contribution in [2.24, 2.45) is 0 Å². The highest BCUT2D eigenvalue weighted by Crippen LogP contribution is 2.31. The lowest BCUT2D eigenvalue weighted by Crippen LogP contribution is -2.30. The molecule has 0 unspecified atom stereocenters. The third-order valence-electron chi connectivity index (χ3n) is 4.71. The van der Waals surface area contributed by atoms with E-state index in [9.17, 15) is 9.18 Å². The predicted octanol–water partition coefficient (Wildman–Crippen LogP) is 3.84. The van der Waals surface area contributed by atoms with Gasteiger partial charge >= 0.3 is 0 Å². The highest BCUT2D eigenvalue weighted by molar-refractivity contribution is 6.04. The van der Waals surface area contributed by atoms with Crippen molar-refractivity contribution in [1.82, 2.24) is 0 Å². The van der Waals surface area contributed by atoms with Crippen molar-refractivity contribution < 1.29 is 18.7 Å². The van der Waals surface area contributed by atoms with Gasteiger partial charge in [0.1, 0.15) is 19.0 Å². The monoisotopic (exact) mass is 356 g/mol. The summed E-state index contributed by atoms with van der Waals surface area (Å²) >= 11 is 0. The number of hydrogen-bond acceptors (Lipinski definition) is 4. The molecule has 5 nitrogen and oxygen atoms in total. The van der Waals surface area contributed by atoms with Crippen LogP contribution < -0.4 is 19.7 Å². The van der Waals surface area contributed by atoms with Crippen LogP contribution in [0.1, 0.15) is 29.6 Å². The number of ether oxygens (including phenoxy) is 2. The molecule has 136 valence electrons. The van der Waals surface area contributed by atoms with Crippen molar-refractivity contribution in [1.29, 1.82) is 0 Å². The van der Waals surface area contributed by atoms with Crippen molar-refractivity contribution in [2.45, 2.75) is 19.3 Å². The molecule has 2 aliphatic rings. The van der Waals surface area contributed by atoms with Gasteiger partial charge in [-0.1, -0.05) is 0 Å². The Balaban J connectivity index is 1.48. The third kappa shape index (κ3) is 3.45. The Morgan fingerprint density at radius 1 is 0.962 bits per heavy atom. The number of nitrogens with zero attached hydrogens (tertiary/aromatic N) is 1. The molecule has 2 aliphatic heterocycles. The second-order valence-corrected chi connectivity index (χ2v) is 6.53. The minimum absolute atomic E-state index is 0.313. The molecule has 6 heteroatoms. The SMILES string of the molecule is O=C(Nc1ccc(N2CCCCC2)c(F)c1)c1ccc2c(c1)OCCO2. The van der Waals surface area contributed by atoms with Gasteiger partial charge in [-0.3, -0.25) is 4.79 Å². The minimum atomic E-state index is -0.313. The predicted molar refractivity (Wildman–Crippen MR) is 97.8 cm³/mol. The van der Waals surface area contributed by atoms with Gasteiger partial charge in [0.05, 0.1) is 5.69 Å². The summed E-state index contributed by atoms with van der Waals surface area (Å²) in [5, 5.41) is 2.74. The molecule has 0 atom stereocenters. The molecule has 0 radical (unpaired) electrons. The van der Waals surface area contributed by atoms with Gasteiger partial charge < -0.3 is 19.7 Å². The van der Waals surface area contributed by atoms with E-state index in [1.165, 1.54) is 12.5 Å². The molecule has 0 spiro atoms. The van der Waals surface area contributed by atoms with Crippen LogP contribution in [-0.2, 0) is 0 Å². The summed E-state index contributed by atoms with van der Waals surface area (Å²) in [6.07, 6.45) is 3.37. The Morgan fingerprint density at radius 2 is 1.73 bits per heavy atom. The second-order valence-electron chi connectivity index (χ2n) is 6.53. The van der Waals surface area contributed by atoms with E-state index < -0.39 is 0 Å². The molecule has 2 aromatic rings. The highest BCUT2D eigenvalue weighted by atomic mass is 19.1. The topological polar surface area (TPSA) is 50.8 Å². The van der Waals surface area contributed by atoms with Crippen LogP contribution in [0.5, 0.6) is 11.5 Å². The van der Waals surface area contributed by atoms with Crippen LogP contribution in [0.25, 0.3) is 0 Å². The van der Waals surface area contributed by atoms with E-state index in [0.29, 0.717) is 41.7 Å². The molecule has 0 bridgehead atoms. The summed E-state index contributed by atoms with van der Waals surface area (Å²) in [6, 6.07) is 9.87. The molecule has 0 aromatic heterocycles. The highest BCUT2D eigenvalue weighted by Gasteiger charge is 2.17. The first kappa shape index (κ1) is 16.7. The van der Waals surface area contributed by atoms with Gasteiger partial charge in [0.2, 0.25) is 0 Å². The number of anilines is 2. The van der Waals surface area contributed by atoms with E-state index in [1.807, 2.05) is 0 Å². The fourth-order valence-electron chi connectivity index (χ4n) is 3.36. The van der Waals surface area contributed by atoms with Gasteiger partial charge in [-0.05, 0) is 55.7 Å². The fourth-order valence-corrected chi connectivity index (χ4v) is 3.36. The first-order chi connectivity index (χ1) is 12.7. The summed E-state index contributed by atoms with van der Waals surface area (Å²) in [5.41, 5.74) is 1.47. The van der Waals surface area contributed by atoms with Gasteiger partial charge in [0.25, 0.3) is 5.91 Å². The van der Waals surface area contributed by atoms with Crippen molar-refractivity contribution in [3.05, 3.63) is 47.8 Å². The molecule has 0 aliphatic carbocycles. The lowest BCUT2D eigenvalue weighted by atomic mass is 10.1. The largest absolute Gasteiger partial charge is 0.486 e. The number of hydrogen-bond donors (Lipinski definition) is 1. The molecule has 2 heterocycles. The third-order valence-corrected chi connectivity index (χ3v) is 4.71. The first-order valence-electron chi connectivity index (χ1n) is 8.96. The van der Waals surface area contributed by atoms with Gasteiger partial charge in [0, 0.05) is 24.3 Å². The minimum Gasteiger partial charge on any atom is -0.486 e. The maximum Gasteiger partial charge on any atom is 0.255 e. The van der Waals surface area contributed by atoms with Crippen molar-refractivity contribution in [2.75, 3.05) is 36.5 Å². The maximum absolute atomic E-state index is 14.5. The lowest BCUT2D eigenvalue weighted by Gasteiger charge is -2.29. The molecule has 1 amide bonds. The number of nitrogens with one attached hydrogen (secondary N) is 1. The maximum atomic E-state index is 14.5. The fraction of sp³-hybridized carbons (Fsp3) is 0.350. The average molecular weight is 356 g/mol. The van der Waals surface area contributed by atoms with Crippen LogP contribution in [0, 0.1) is 5.82 Å². The van der Waals surface area contributed by atoms with E-state index in [1.54, 1.807) is 30.3 Å². The normalized spacial score (nSPS) is 16.3. The summed E-state index contributed by atoms with van der Waals surface area (Å²) in [6.45, 7) is 2.71. The number of fused-ring (bicyclic) bond motifs is 1. The number of rotatable bonds is 3. The Labute approximate surface area is 151 Å². The zero-order valence-electron chi connectivity index (χ0n) is 14.5. The quantitative estimate of drug-likeness (QED) is 0.908. The smallest absolute Gasteiger partial charge is 0.255 e. The Bertz CT molecular complexity index is 819. The molecule has 0 saturated carbocycles. The molecule has 4 rings (SSSR count). The van der Waals surface area contributed by atoms with E-state index in [4.69, 9.17) is 9.47 Å². The number of carbonyl (C=O) groups is 1. The first-order valence-corrected chi connectivity index (χ1v) is 8.96. The molecule has 2 aromatic carbocycles. The number of halogens is 1. The molecule has 1 fully saturated rings. The van der Waals surface area contributed by atoms with Gasteiger partial charge in [0.15, 0.2) is 11.5 Å². The number of carbonyl (C=O) groups excluding carboxylic acids is 1. The zero-order valence-corrected chi connectivity index (χ0v) is 14.5. The molecule has 1 N–H and O–H groups in total. The Morgan fingerprint density at radius 3 is 2.50 bits per heavy atom. The summed E-state index contributed by atoms with van der Waals surface area (Å²) in [7, 11) is 0. The van der Waals surface area contributed by atoms with Gasteiger partial charge in [-0.2, -0.15) is 0 Å². The van der Waals surface area contributed by atoms with Crippen LogP contribution >= 0.6 is 0 Å². The lowest BCUT2D eigenvalue weighted by molar-refractivity contribution is 0.102. The summed E-state index contributed by atoms with van der Waals surface area (Å²) in [4.78, 5) is 14.5. The summed E-state index contributed by atoms with van der Waals surface area (Å²) in [5.74, 6) is 0.555. The van der Waals surface area contributed by atoms with E-state index in [-0.39, 0.29) is 11.7 Å². The van der Waals surface area contributed by atoms with Crippen LogP contribution in [0.4, 0.5) is 15.8 Å². The van der Waals surface area contributed by atoms with Crippen molar-refractivity contribution in [3.63, 3.8) is 0 Å². The van der Waals surface area contributed by atoms with Crippen LogP contribution in [0.3, 0.4) is 0 Å². The zero-order chi connectivity index (χ0) is 17.9. The average Bonchev–Trinajstić information content (AvgIpc) is 2.68. The van der Waals surface area contributed by atoms with Crippen molar-refractivity contribution in [3.8, 4) is 11.5 Å². The number of benzene rings is 2. The number of amides is 1.